The number of anilines is 1. The number of aliphatic hydroxyl groups excluding tert-OH is 1. The summed E-state index contributed by atoms with van der Waals surface area (Å²) in [5.74, 6) is 1.17. The number of nitrogen functional groups attached to an aromatic ring is 1. The van der Waals surface area contributed by atoms with E-state index in [2.05, 4.69) is 15.1 Å². The molecule has 126 valence electrons. The van der Waals surface area contributed by atoms with Crippen LogP contribution in [0.1, 0.15) is 5.56 Å². The van der Waals surface area contributed by atoms with Crippen molar-refractivity contribution in [3.63, 3.8) is 0 Å². The van der Waals surface area contributed by atoms with Crippen molar-refractivity contribution in [2.24, 2.45) is 0 Å². The van der Waals surface area contributed by atoms with Crippen molar-refractivity contribution >= 4 is 16.9 Å². The molecule has 4 rings (SSSR count). The number of benzene rings is 2. The highest BCUT2D eigenvalue weighted by Crippen LogP contribution is 2.35. The molecule has 2 aromatic carbocycles. The van der Waals surface area contributed by atoms with Gasteiger partial charge in [0.2, 0.25) is 0 Å². The van der Waals surface area contributed by atoms with Crippen LogP contribution in [0.5, 0.6) is 0 Å². The number of H-pyrrole nitrogens is 1. The van der Waals surface area contributed by atoms with Crippen molar-refractivity contribution in [3.8, 4) is 22.6 Å². The predicted octanol–water partition coefficient (Wildman–Crippen LogP) is 2.98. The molecule has 0 spiro atoms. The second kappa shape index (κ2) is 6.07. The van der Waals surface area contributed by atoms with Gasteiger partial charge < -0.3 is 15.8 Å². The van der Waals surface area contributed by atoms with Gasteiger partial charge in [-0.2, -0.15) is 5.10 Å². The van der Waals surface area contributed by atoms with Crippen LogP contribution in [0.4, 0.5) is 5.82 Å². The number of para-hydroxylation sites is 2. The van der Waals surface area contributed by atoms with Gasteiger partial charge in [0.1, 0.15) is 17.3 Å². The van der Waals surface area contributed by atoms with E-state index >= 15 is 0 Å². The first kappa shape index (κ1) is 15.4. The third kappa shape index (κ3) is 2.66. The molecule has 0 fully saturated rings. The number of aliphatic hydroxyl groups is 1. The molecular formula is C19H19N5O. The Morgan fingerprint density at radius 3 is 2.60 bits per heavy atom. The molecule has 0 bridgehead atoms. The fourth-order valence-electron chi connectivity index (χ4n) is 2.96. The van der Waals surface area contributed by atoms with Crippen LogP contribution in [0.25, 0.3) is 33.7 Å². The molecule has 2 aromatic heterocycles. The summed E-state index contributed by atoms with van der Waals surface area (Å²) >= 11 is 0. The lowest BCUT2D eigenvalue weighted by molar-refractivity contribution is 0.270. The van der Waals surface area contributed by atoms with E-state index in [4.69, 9.17) is 5.73 Å². The average molecular weight is 333 g/mol. The minimum atomic E-state index is -0.0290. The predicted molar refractivity (Wildman–Crippen MR) is 99.0 cm³/mol. The zero-order chi connectivity index (χ0) is 17.4. The molecule has 0 unspecified atom stereocenters. The quantitative estimate of drug-likeness (QED) is 0.535. The van der Waals surface area contributed by atoms with Crippen LogP contribution in [0.15, 0.2) is 48.5 Å². The number of nitrogens with two attached hydrogens (primary N) is 1. The summed E-state index contributed by atoms with van der Waals surface area (Å²) < 4.78 is 1.62. The number of aromatic nitrogens is 4. The molecule has 0 aliphatic rings. The van der Waals surface area contributed by atoms with Crippen LogP contribution in [-0.2, 0) is 6.54 Å². The van der Waals surface area contributed by atoms with Crippen molar-refractivity contribution in [1.29, 1.82) is 0 Å². The topological polar surface area (TPSA) is 92.8 Å². The van der Waals surface area contributed by atoms with Crippen LogP contribution in [0, 0.1) is 6.92 Å². The molecule has 2 heterocycles. The molecule has 25 heavy (non-hydrogen) atoms. The SMILES string of the molecule is Cc1ccc(-c2nn(CCO)c(N)c2-c2nc3ccccc3[nH]2)cc1. The van der Waals surface area contributed by atoms with Gasteiger partial charge in [0.05, 0.1) is 29.7 Å². The molecular weight excluding hydrogens is 314 g/mol. The van der Waals surface area contributed by atoms with E-state index in [1.807, 2.05) is 55.5 Å². The first-order chi connectivity index (χ1) is 12.2. The third-order valence-electron chi connectivity index (χ3n) is 4.25. The van der Waals surface area contributed by atoms with Gasteiger partial charge in [-0.1, -0.05) is 42.0 Å². The zero-order valence-corrected chi connectivity index (χ0v) is 13.9. The Bertz CT molecular complexity index is 997. The van der Waals surface area contributed by atoms with Gasteiger partial charge in [0, 0.05) is 5.56 Å². The first-order valence-electron chi connectivity index (χ1n) is 8.16. The van der Waals surface area contributed by atoms with Crippen LogP contribution >= 0.6 is 0 Å². The summed E-state index contributed by atoms with van der Waals surface area (Å²) in [6.45, 7) is 2.35. The molecule has 0 atom stereocenters. The van der Waals surface area contributed by atoms with Crippen LogP contribution in [0.3, 0.4) is 0 Å². The summed E-state index contributed by atoms with van der Waals surface area (Å²) in [5, 5.41) is 13.9. The lowest BCUT2D eigenvalue weighted by atomic mass is 10.1. The maximum Gasteiger partial charge on any atom is 0.144 e. The lowest BCUT2D eigenvalue weighted by Gasteiger charge is -2.02. The van der Waals surface area contributed by atoms with Crippen molar-refractivity contribution < 1.29 is 5.11 Å². The third-order valence-corrected chi connectivity index (χ3v) is 4.25. The zero-order valence-electron chi connectivity index (χ0n) is 13.9. The minimum absolute atomic E-state index is 0.0290. The fourth-order valence-corrected chi connectivity index (χ4v) is 2.96. The Morgan fingerprint density at radius 2 is 1.88 bits per heavy atom. The van der Waals surface area contributed by atoms with Crippen molar-refractivity contribution in [2.45, 2.75) is 13.5 Å². The standard InChI is InChI=1S/C19H19N5O/c1-12-6-8-13(9-7-12)17-16(18(20)24(23-17)10-11-25)19-21-14-4-2-3-5-15(14)22-19/h2-9,25H,10-11,20H2,1H3,(H,21,22). The number of hydrogen-bond acceptors (Lipinski definition) is 4. The van der Waals surface area contributed by atoms with E-state index in [1.54, 1.807) is 4.68 Å². The number of aromatic amines is 1. The maximum atomic E-state index is 9.30. The van der Waals surface area contributed by atoms with E-state index in [-0.39, 0.29) is 6.61 Å². The molecule has 0 saturated heterocycles. The molecule has 4 aromatic rings. The van der Waals surface area contributed by atoms with Crippen molar-refractivity contribution in [2.75, 3.05) is 12.3 Å². The molecule has 0 aliphatic heterocycles. The van der Waals surface area contributed by atoms with Gasteiger partial charge in [-0.25, -0.2) is 9.67 Å². The highest BCUT2D eigenvalue weighted by Gasteiger charge is 2.21. The Morgan fingerprint density at radius 1 is 1.12 bits per heavy atom. The average Bonchev–Trinajstić information content (AvgIpc) is 3.17. The Balaban J connectivity index is 1.94. The number of imidazole rings is 1. The normalized spacial score (nSPS) is 11.3. The lowest BCUT2D eigenvalue weighted by Crippen LogP contribution is -2.07. The maximum absolute atomic E-state index is 9.30. The van der Waals surface area contributed by atoms with E-state index in [1.165, 1.54) is 5.56 Å². The fraction of sp³-hybridized carbons (Fsp3) is 0.158. The molecule has 0 aliphatic carbocycles. The number of hydrogen-bond donors (Lipinski definition) is 3. The molecule has 6 nitrogen and oxygen atoms in total. The summed E-state index contributed by atoms with van der Waals surface area (Å²) in [5.41, 5.74) is 11.8. The van der Waals surface area contributed by atoms with Crippen molar-refractivity contribution in [1.82, 2.24) is 19.7 Å². The van der Waals surface area contributed by atoms with Crippen LogP contribution < -0.4 is 5.73 Å². The van der Waals surface area contributed by atoms with Gasteiger partial charge in [-0.15, -0.1) is 0 Å². The molecule has 0 amide bonds. The summed E-state index contributed by atoms with van der Waals surface area (Å²) in [6, 6.07) is 16.0. The minimum Gasteiger partial charge on any atom is -0.394 e. The van der Waals surface area contributed by atoms with Gasteiger partial charge in [0.25, 0.3) is 0 Å². The Labute approximate surface area is 144 Å². The Hall–Kier alpha value is -3.12. The number of rotatable bonds is 4. The van der Waals surface area contributed by atoms with Crippen molar-refractivity contribution in [3.05, 3.63) is 54.1 Å². The van der Waals surface area contributed by atoms with E-state index < -0.39 is 0 Å². The summed E-state index contributed by atoms with van der Waals surface area (Å²) in [4.78, 5) is 7.99. The monoisotopic (exact) mass is 333 g/mol. The van der Waals surface area contributed by atoms with Crippen LogP contribution in [-0.4, -0.2) is 31.5 Å². The smallest absolute Gasteiger partial charge is 0.144 e. The first-order valence-corrected chi connectivity index (χ1v) is 8.16. The number of aryl methyl sites for hydroxylation is 1. The highest BCUT2D eigenvalue weighted by atomic mass is 16.3. The summed E-state index contributed by atoms with van der Waals surface area (Å²) in [6.07, 6.45) is 0. The van der Waals surface area contributed by atoms with Gasteiger partial charge in [0.15, 0.2) is 0 Å². The molecule has 4 N–H and O–H groups in total. The van der Waals surface area contributed by atoms with Crippen LogP contribution in [0.2, 0.25) is 0 Å². The van der Waals surface area contributed by atoms with Gasteiger partial charge >= 0.3 is 0 Å². The molecule has 0 saturated carbocycles. The Kier molecular flexibility index (Phi) is 3.74. The largest absolute Gasteiger partial charge is 0.394 e. The van der Waals surface area contributed by atoms with E-state index in [0.29, 0.717) is 18.2 Å². The second-order valence-corrected chi connectivity index (χ2v) is 6.02. The molecule has 6 heteroatoms. The summed E-state index contributed by atoms with van der Waals surface area (Å²) in [7, 11) is 0. The number of nitrogens with one attached hydrogen (secondary N) is 1. The molecule has 0 radical (unpaired) electrons. The highest BCUT2D eigenvalue weighted by molar-refractivity contribution is 5.89. The second-order valence-electron chi connectivity index (χ2n) is 6.02. The number of fused-ring (bicyclic) bond motifs is 1. The number of nitrogens with zero attached hydrogens (tertiary/aromatic N) is 3. The van der Waals surface area contributed by atoms with Gasteiger partial charge in [-0.3, -0.25) is 0 Å². The van der Waals surface area contributed by atoms with Gasteiger partial charge in [-0.05, 0) is 19.1 Å². The van der Waals surface area contributed by atoms with E-state index in [9.17, 15) is 5.11 Å². The van der Waals surface area contributed by atoms with E-state index in [0.717, 1.165) is 27.9 Å².